The average Bonchev–Trinajstić information content (AvgIpc) is 2.98. The number of rotatable bonds is 2. The topological polar surface area (TPSA) is 41.6 Å². The van der Waals surface area contributed by atoms with Gasteiger partial charge in [-0.05, 0) is 24.3 Å². The lowest BCUT2D eigenvalue weighted by molar-refractivity contribution is -0.132. The Hall–Kier alpha value is -0.910. The van der Waals surface area contributed by atoms with Crippen LogP contribution in [0, 0.1) is 0 Å². The van der Waals surface area contributed by atoms with Gasteiger partial charge in [-0.15, -0.1) is 11.3 Å². The second-order valence-electron chi connectivity index (χ2n) is 4.44. The van der Waals surface area contributed by atoms with Crippen LogP contribution < -0.4 is 5.32 Å². The maximum atomic E-state index is 12.0. The highest BCUT2D eigenvalue weighted by molar-refractivity contribution is 7.10. The molecule has 1 N–H and O–H groups in total. The molecule has 0 spiro atoms. The Bertz CT molecular complexity index is 387. The first-order valence-electron chi connectivity index (χ1n) is 6.02. The van der Waals surface area contributed by atoms with Gasteiger partial charge in [0, 0.05) is 24.1 Å². The molecule has 5 heteroatoms. The van der Waals surface area contributed by atoms with E-state index in [0.717, 1.165) is 26.1 Å². The van der Waals surface area contributed by atoms with Crippen molar-refractivity contribution < 1.29 is 9.53 Å². The first-order chi connectivity index (χ1) is 8.36. The molecule has 92 valence electrons. The van der Waals surface area contributed by atoms with Gasteiger partial charge in [0.1, 0.15) is 6.17 Å². The molecule has 2 saturated heterocycles. The van der Waals surface area contributed by atoms with Crippen molar-refractivity contribution in [2.75, 3.05) is 19.8 Å². The largest absolute Gasteiger partial charge is 0.381 e. The zero-order valence-electron chi connectivity index (χ0n) is 9.59. The summed E-state index contributed by atoms with van der Waals surface area (Å²) in [6.07, 6.45) is 1.98. The van der Waals surface area contributed by atoms with Gasteiger partial charge in [0.05, 0.1) is 6.54 Å². The molecule has 0 radical (unpaired) electrons. The van der Waals surface area contributed by atoms with Crippen LogP contribution in [0.15, 0.2) is 17.5 Å². The van der Waals surface area contributed by atoms with Crippen LogP contribution in [0.4, 0.5) is 0 Å². The van der Waals surface area contributed by atoms with Crippen LogP contribution in [0.2, 0.25) is 0 Å². The lowest BCUT2D eigenvalue weighted by atomic mass is 10.1. The number of ether oxygens (including phenoxy) is 1. The summed E-state index contributed by atoms with van der Waals surface area (Å²) in [5.41, 5.74) is 0. The average molecular weight is 252 g/mol. The van der Waals surface area contributed by atoms with E-state index in [4.69, 9.17) is 4.74 Å². The smallest absolute Gasteiger partial charge is 0.238 e. The molecule has 0 bridgehead atoms. The van der Waals surface area contributed by atoms with E-state index in [-0.39, 0.29) is 12.1 Å². The summed E-state index contributed by atoms with van der Waals surface area (Å²) >= 11 is 1.70. The minimum absolute atomic E-state index is 0.0746. The molecular weight excluding hydrogens is 236 g/mol. The molecule has 2 aliphatic rings. The molecule has 1 aromatic rings. The van der Waals surface area contributed by atoms with E-state index in [2.05, 4.69) is 16.8 Å². The standard InChI is InChI=1S/C12H16N2O2S/c15-11-8-13-12(10-2-1-7-17-10)14(11)9-3-5-16-6-4-9/h1-2,7,9,12-13H,3-6,8H2. The van der Waals surface area contributed by atoms with E-state index in [0.29, 0.717) is 12.6 Å². The lowest BCUT2D eigenvalue weighted by Gasteiger charge is -2.34. The Morgan fingerprint density at radius 3 is 2.94 bits per heavy atom. The monoisotopic (exact) mass is 252 g/mol. The second kappa shape index (κ2) is 4.76. The Morgan fingerprint density at radius 2 is 2.24 bits per heavy atom. The van der Waals surface area contributed by atoms with Gasteiger partial charge in [0.15, 0.2) is 0 Å². The molecule has 0 aromatic carbocycles. The van der Waals surface area contributed by atoms with Gasteiger partial charge in [0.25, 0.3) is 0 Å². The number of amides is 1. The summed E-state index contributed by atoms with van der Waals surface area (Å²) in [6, 6.07) is 4.46. The van der Waals surface area contributed by atoms with Crippen molar-refractivity contribution in [3.63, 3.8) is 0 Å². The third-order valence-electron chi connectivity index (χ3n) is 3.41. The van der Waals surface area contributed by atoms with Gasteiger partial charge < -0.3 is 9.64 Å². The fourth-order valence-electron chi connectivity index (χ4n) is 2.58. The maximum Gasteiger partial charge on any atom is 0.238 e. The first-order valence-corrected chi connectivity index (χ1v) is 6.90. The highest BCUT2D eigenvalue weighted by atomic mass is 32.1. The molecule has 17 heavy (non-hydrogen) atoms. The summed E-state index contributed by atoms with van der Waals surface area (Å²) in [5, 5.41) is 5.36. The van der Waals surface area contributed by atoms with E-state index < -0.39 is 0 Å². The third kappa shape index (κ3) is 2.10. The maximum absolute atomic E-state index is 12.0. The van der Waals surface area contributed by atoms with Crippen molar-refractivity contribution in [2.45, 2.75) is 25.0 Å². The van der Waals surface area contributed by atoms with E-state index >= 15 is 0 Å². The SMILES string of the molecule is O=C1CNC(c2cccs2)N1C1CCOCC1. The van der Waals surface area contributed by atoms with Crippen LogP contribution in [0.1, 0.15) is 23.9 Å². The van der Waals surface area contributed by atoms with Crippen molar-refractivity contribution >= 4 is 17.2 Å². The van der Waals surface area contributed by atoms with Crippen LogP contribution >= 0.6 is 11.3 Å². The minimum atomic E-state index is 0.0746. The van der Waals surface area contributed by atoms with Gasteiger partial charge in [0.2, 0.25) is 5.91 Å². The fraction of sp³-hybridized carbons (Fsp3) is 0.583. The molecule has 0 aliphatic carbocycles. The second-order valence-corrected chi connectivity index (χ2v) is 5.42. The molecule has 3 rings (SSSR count). The van der Waals surface area contributed by atoms with Crippen molar-refractivity contribution in [3.05, 3.63) is 22.4 Å². The van der Waals surface area contributed by atoms with Crippen molar-refractivity contribution in [3.8, 4) is 0 Å². The number of hydrogen-bond donors (Lipinski definition) is 1. The van der Waals surface area contributed by atoms with E-state index in [1.165, 1.54) is 4.88 Å². The predicted molar refractivity (Wildman–Crippen MR) is 65.7 cm³/mol. The van der Waals surface area contributed by atoms with E-state index in [1.54, 1.807) is 11.3 Å². The van der Waals surface area contributed by atoms with Crippen LogP contribution in [0.5, 0.6) is 0 Å². The number of hydrogen-bond acceptors (Lipinski definition) is 4. The molecule has 2 aliphatic heterocycles. The molecule has 1 atom stereocenters. The summed E-state index contributed by atoms with van der Waals surface area (Å²) in [7, 11) is 0. The van der Waals surface area contributed by atoms with Crippen molar-refractivity contribution in [2.24, 2.45) is 0 Å². The van der Waals surface area contributed by atoms with Gasteiger partial charge in [-0.25, -0.2) is 0 Å². The number of carbonyl (C=O) groups is 1. The van der Waals surface area contributed by atoms with Crippen molar-refractivity contribution in [1.29, 1.82) is 0 Å². The molecule has 0 saturated carbocycles. The van der Waals surface area contributed by atoms with Gasteiger partial charge in [-0.2, -0.15) is 0 Å². The molecule has 1 amide bonds. The third-order valence-corrected chi connectivity index (χ3v) is 4.33. The number of nitrogens with one attached hydrogen (secondary N) is 1. The summed E-state index contributed by atoms with van der Waals surface area (Å²) in [5.74, 6) is 0.218. The zero-order valence-corrected chi connectivity index (χ0v) is 10.4. The highest BCUT2D eigenvalue weighted by Crippen LogP contribution is 2.30. The summed E-state index contributed by atoms with van der Waals surface area (Å²) < 4.78 is 5.36. The van der Waals surface area contributed by atoms with Gasteiger partial charge >= 0.3 is 0 Å². The van der Waals surface area contributed by atoms with Gasteiger partial charge in [-0.3, -0.25) is 10.1 Å². The number of thiophene rings is 1. The quantitative estimate of drug-likeness (QED) is 0.864. The Morgan fingerprint density at radius 1 is 1.41 bits per heavy atom. The lowest BCUT2D eigenvalue weighted by Crippen LogP contribution is -2.42. The molecule has 1 unspecified atom stereocenters. The van der Waals surface area contributed by atoms with Crippen LogP contribution in [0.25, 0.3) is 0 Å². The van der Waals surface area contributed by atoms with Crippen molar-refractivity contribution in [1.82, 2.24) is 10.2 Å². The Balaban J connectivity index is 1.81. The number of nitrogens with zero attached hydrogens (tertiary/aromatic N) is 1. The molecule has 1 aromatic heterocycles. The van der Waals surface area contributed by atoms with Crippen LogP contribution in [-0.2, 0) is 9.53 Å². The minimum Gasteiger partial charge on any atom is -0.381 e. The summed E-state index contributed by atoms with van der Waals surface area (Å²) in [4.78, 5) is 15.3. The Kier molecular flexibility index (Phi) is 3.13. The summed E-state index contributed by atoms with van der Waals surface area (Å²) in [6.45, 7) is 2.00. The molecule has 4 nitrogen and oxygen atoms in total. The number of carbonyl (C=O) groups excluding carboxylic acids is 1. The fourth-order valence-corrected chi connectivity index (χ4v) is 3.38. The first kappa shape index (κ1) is 11.2. The van der Waals surface area contributed by atoms with E-state index in [9.17, 15) is 4.79 Å². The predicted octanol–water partition coefficient (Wildman–Crippen LogP) is 1.36. The molecular formula is C12H16N2O2S. The molecule has 2 fully saturated rings. The molecule has 3 heterocycles. The van der Waals surface area contributed by atoms with Crippen LogP contribution in [0.3, 0.4) is 0 Å². The Labute approximate surface area is 105 Å². The zero-order chi connectivity index (χ0) is 11.7. The normalized spacial score (nSPS) is 26.7. The van der Waals surface area contributed by atoms with Crippen LogP contribution in [-0.4, -0.2) is 36.6 Å². The van der Waals surface area contributed by atoms with Gasteiger partial charge in [-0.1, -0.05) is 6.07 Å². The highest BCUT2D eigenvalue weighted by Gasteiger charge is 2.37. The van der Waals surface area contributed by atoms with E-state index in [1.807, 2.05) is 11.0 Å².